The van der Waals surface area contributed by atoms with E-state index in [1.807, 2.05) is 0 Å². The van der Waals surface area contributed by atoms with Crippen molar-refractivity contribution < 1.29 is 18.4 Å². The maximum absolute atomic E-state index is 13.1. The van der Waals surface area contributed by atoms with E-state index in [0.717, 1.165) is 0 Å². The molecular formula is C22H16ClFN4O4. The van der Waals surface area contributed by atoms with Gasteiger partial charge in [0.15, 0.2) is 0 Å². The van der Waals surface area contributed by atoms with Crippen LogP contribution in [0.3, 0.4) is 0 Å². The van der Waals surface area contributed by atoms with Gasteiger partial charge >= 0.3 is 0 Å². The van der Waals surface area contributed by atoms with E-state index in [4.69, 9.17) is 20.9 Å². The SMILES string of the molecule is COc1ccc(Cl)cc1NC(=O)Cn1cccc(-c2nc(-c3ccc(F)cc3)no2)c1=O. The van der Waals surface area contributed by atoms with E-state index in [9.17, 15) is 14.0 Å². The normalized spacial score (nSPS) is 10.7. The molecule has 0 saturated heterocycles. The number of carbonyl (C=O) groups is 1. The smallest absolute Gasteiger partial charge is 0.263 e. The number of ether oxygens (including phenoxy) is 1. The van der Waals surface area contributed by atoms with Crippen LogP contribution in [0.1, 0.15) is 0 Å². The highest BCUT2D eigenvalue weighted by Gasteiger charge is 2.16. The van der Waals surface area contributed by atoms with Crippen LogP contribution >= 0.6 is 11.6 Å². The van der Waals surface area contributed by atoms with Crippen LogP contribution in [-0.2, 0) is 11.3 Å². The number of pyridine rings is 1. The number of hydrogen-bond acceptors (Lipinski definition) is 6. The fraction of sp³-hybridized carbons (Fsp3) is 0.0909. The zero-order valence-electron chi connectivity index (χ0n) is 16.7. The molecule has 2 aromatic carbocycles. The summed E-state index contributed by atoms with van der Waals surface area (Å²) < 4.78 is 24.8. The van der Waals surface area contributed by atoms with Crippen LogP contribution < -0.4 is 15.6 Å². The van der Waals surface area contributed by atoms with Gasteiger partial charge < -0.3 is 19.1 Å². The van der Waals surface area contributed by atoms with Gasteiger partial charge in [-0.3, -0.25) is 9.59 Å². The Labute approximate surface area is 186 Å². The number of rotatable bonds is 6. The molecule has 0 unspecified atom stereocenters. The minimum atomic E-state index is -0.491. The lowest BCUT2D eigenvalue weighted by molar-refractivity contribution is -0.116. The van der Waals surface area contributed by atoms with Crippen molar-refractivity contribution in [2.75, 3.05) is 12.4 Å². The van der Waals surface area contributed by atoms with Crippen molar-refractivity contribution in [3.05, 3.63) is 82.0 Å². The van der Waals surface area contributed by atoms with E-state index in [1.54, 1.807) is 24.3 Å². The van der Waals surface area contributed by atoms with E-state index in [2.05, 4.69) is 15.5 Å². The summed E-state index contributed by atoms with van der Waals surface area (Å²) in [4.78, 5) is 29.6. The summed E-state index contributed by atoms with van der Waals surface area (Å²) in [5.74, 6) is -0.219. The first-order valence-electron chi connectivity index (χ1n) is 9.37. The third-order valence-corrected chi connectivity index (χ3v) is 4.76. The van der Waals surface area contributed by atoms with Gasteiger partial charge in [-0.1, -0.05) is 16.8 Å². The molecule has 0 spiro atoms. The van der Waals surface area contributed by atoms with E-state index in [-0.39, 0.29) is 23.8 Å². The van der Waals surface area contributed by atoms with Crippen molar-refractivity contribution in [1.29, 1.82) is 0 Å². The third kappa shape index (κ3) is 4.52. The molecule has 162 valence electrons. The van der Waals surface area contributed by atoms with Crippen LogP contribution in [0.25, 0.3) is 22.8 Å². The molecule has 0 radical (unpaired) electrons. The molecule has 10 heteroatoms. The number of hydrogen-bond donors (Lipinski definition) is 1. The average Bonchev–Trinajstić information content (AvgIpc) is 3.26. The number of halogens is 2. The van der Waals surface area contributed by atoms with Crippen LogP contribution in [0.2, 0.25) is 5.02 Å². The van der Waals surface area contributed by atoms with E-state index >= 15 is 0 Å². The number of amides is 1. The Morgan fingerprint density at radius 1 is 1.22 bits per heavy atom. The summed E-state index contributed by atoms with van der Waals surface area (Å²) in [7, 11) is 1.47. The van der Waals surface area contributed by atoms with Gasteiger partial charge in [-0.15, -0.1) is 0 Å². The summed E-state index contributed by atoms with van der Waals surface area (Å²) in [5.41, 5.74) is 0.555. The molecule has 2 heterocycles. The van der Waals surface area contributed by atoms with Crippen molar-refractivity contribution >= 4 is 23.2 Å². The van der Waals surface area contributed by atoms with Crippen molar-refractivity contribution in [1.82, 2.24) is 14.7 Å². The quantitative estimate of drug-likeness (QED) is 0.472. The maximum atomic E-state index is 13.1. The third-order valence-electron chi connectivity index (χ3n) is 4.53. The molecule has 4 rings (SSSR count). The summed E-state index contributed by atoms with van der Waals surface area (Å²) in [6, 6.07) is 13.5. The molecule has 0 aliphatic heterocycles. The zero-order valence-corrected chi connectivity index (χ0v) is 17.5. The molecule has 0 aliphatic carbocycles. The van der Waals surface area contributed by atoms with Crippen molar-refractivity contribution in [3.8, 4) is 28.6 Å². The predicted octanol–water partition coefficient (Wildman–Crippen LogP) is 4.01. The van der Waals surface area contributed by atoms with Gasteiger partial charge in [0.25, 0.3) is 11.4 Å². The molecular weight excluding hydrogens is 439 g/mol. The largest absolute Gasteiger partial charge is 0.495 e. The molecule has 2 aromatic heterocycles. The monoisotopic (exact) mass is 454 g/mol. The minimum Gasteiger partial charge on any atom is -0.495 e. The molecule has 8 nitrogen and oxygen atoms in total. The van der Waals surface area contributed by atoms with Gasteiger partial charge in [-0.05, 0) is 54.6 Å². The fourth-order valence-corrected chi connectivity index (χ4v) is 3.17. The molecule has 1 amide bonds. The Balaban J connectivity index is 1.56. The molecule has 4 aromatic rings. The average molecular weight is 455 g/mol. The molecule has 32 heavy (non-hydrogen) atoms. The van der Waals surface area contributed by atoms with Gasteiger partial charge in [0, 0.05) is 16.8 Å². The Bertz CT molecular complexity index is 1330. The van der Waals surface area contributed by atoms with Gasteiger partial charge in [0.05, 0.1) is 12.8 Å². The highest BCUT2D eigenvalue weighted by atomic mass is 35.5. The molecule has 0 bridgehead atoms. The van der Waals surface area contributed by atoms with Crippen molar-refractivity contribution in [2.24, 2.45) is 0 Å². The standard InChI is InChI=1S/C22H16ClFN4O4/c1-31-18-9-6-14(23)11-17(18)25-19(29)12-28-10-2-3-16(22(28)30)21-26-20(27-32-21)13-4-7-15(24)8-5-13/h2-11H,12H2,1H3,(H,25,29). The van der Waals surface area contributed by atoms with Crippen molar-refractivity contribution in [2.45, 2.75) is 6.54 Å². The van der Waals surface area contributed by atoms with Gasteiger partial charge in [0.2, 0.25) is 11.7 Å². The number of benzene rings is 2. The fourth-order valence-electron chi connectivity index (χ4n) is 3.00. The van der Waals surface area contributed by atoms with Crippen LogP contribution in [-0.4, -0.2) is 27.7 Å². The molecule has 0 atom stereocenters. The Morgan fingerprint density at radius 2 is 2.00 bits per heavy atom. The Hall–Kier alpha value is -3.98. The molecule has 0 fully saturated rings. The van der Waals surface area contributed by atoms with E-state index in [0.29, 0.717) is 22.0 Å². The maximum Gasteiger partial charge on any atom is 0.263 e. The lowest BCUT2D eigenvalue weighted by Crippen LogP contribution is -2.28. The summed E-state index contributed by atoms with van der Waals surface area (Å²) in [6.07, 6.45) is 1.47. The predicted molar refractivity (Wildman–Crippen MR) is 116 cm³/mol. The highest BCUT2D eigenvalue weighted by Crippen LogP contribution is 2.27. The van der Waals surface area contributed by atoms with Crippen LogP contribution in [0.5, 0.6) is 5.75 Å². The van der Waals surface area contributed by atoms with Crippen LogP contribution in [0.15, 0.2) is 70.1 Å². The second-order valence-corrected chi connectivity index (χ2v) is 7.11. The highest BCUT2D eigenvalue weighted by molar-refractivity contribution is 6.31. The number of nitrogens with zero attached hydrogens (tertiary/aromatic N) is 3. The zero-order chi connectivity index (χ0) is 22.7. The summed E-state index contributed by atoms with van der Waals surface area (Å²) in [5, 5.41) is 6.95. The number of anilines is 1. The molecule has 0 aliphatic rings. The minimum absolute atomic E-state index is 0.0133. The Kier molecular flexibility index (Phi) is 6.00. The number of nitrogens with one attached hydrogen (secondary N) is 1. The van der Waals surface area contributed by atoms with Gasteiger partial charge in [-0.2, -0.15) is 4.98 Å². The first-order chi connectivity index (χ1) is 15.4. The van der Waals surface area contributed by atoms with Crippen LogP contribution in [0, 0.1) is 5.82 Å². The second kappa shape index (κ2) is 9.03. The lowest BCUT2D eigenvalue weighted by Gasteiger charge is -2.11. The van der Waals surface area contributed by atoms with E-state index < -0.39 is 17.3 Å². The first-order valence-corrected chi connectivity index (χ1v) is 9.75. The molecule has 1 N–H and O–H groups in total. The number of aromatic nitrogens is 3. The molecule has 0 saturated carbocycles. The van der Waals surface area contributed by atoms with Gasteiger partial charge in [0.1, 0.15) is 23.7 Å². The van der Waals surface area contributed by atoms with Crippen molar-refractivity contribution in [3.63, 3.8) is 0 Å². The van der Waals surface area contributed by atoms with Gasteiger partial charge in [-0.25, -0.2) is 4.39 Å². The lowest BCUT2D eigenvalue weighted by atomic mass is 10.2. The number of carbonyl (C=O) groups excluding carboxylic acids is 1. The van der Waals surface area contributed by atoms with Crippen LogP contribution in [0.4, 0.5) is 10.1 Å². The summed E-state index contributed by atoms with van der Waals surface area (Å²) in [6.45, 7) is -0.263. The number of methoxy groups -OCH3 is 1. The first kappa shape index (κ1) is 21.3. The Morgan fingerprint density at radius 3 is 2.75 bits per heavy atom. The second-order valence-electron chi connectivity index (χ2n) is 6.68. The van der Waals surface area contributed by atoms with E-state index in [1.165, 1.54) is 48.2 Å². The topological polar surface area (TPSA) is 99.2 Å². The summed E-state index contributed by atoms with van der Waals surface area (Å²) >= 11 is 5.98.